The summed E-state index contributed by atoms with van der Waals surface area (Å²) in [4.78, 5) is 22.1. The van der Waals surface area contributed by atoms with Crippen molar-refractivity contribution in [3.8, 4) is 0 Å². The number of carbonyl (C=O) groups excluding carboxylic acids is 1. The number of hydrogen-bond acceptors (Lipinski definition) is 4. The van der Waals surface area contributed by atoms with Crippen molar-refractivity contribution < 1.29 is 9.72 Å². The molecule has 1 aromatic carbocycles. The average molecular weight is 279 g/mol. The highest BCUT2D eigenvalue weighted by atomic mass is 16.6. The number of aryl methyl sites for hydroxylation is 1. The van der Waals surface area contributed by atoms with E-state index in [2.05, 4.69) is 17.6 Å². The molecule has 2 N–H and O–H groups in total. The van der Waals surface area contributed by atoms with Crippen LogP contribution >= 0.6 is 0 Å². The van der Waals surface area contributed by atoms with Gasteiger partial charge in [0.2, 0.25) is 5.91 Å². The number of amides is 1. The molecule has 20 heavy (non-hydrogen) atoms. The van der Waals surface area contributed by atoms with Gasteiger partial charge in [-0.1, -0.05) is 26.3 Å². The molecule has 1 aromatic rings. The summed E-state index contributed by atoms with van der Waals surface area (Å²) >= 11 is 0. The Morgan fingerprint density at radius 3 is 2.70 bits per heavy atom. The molecule has 0 bridgehead atoms. The highest BCUT2D eigenvalue weighted by Crippen LogP contribution is 2.23. The number of nitrogens with zero attached hydrogens (tertiary/aromatic N) is 1. The van der Waals surface area contributed by atoms with Crippen LogP contribution in [0.25, 0.3) is 0 Å². The van der Waals surface area contributed by atoms with E-state index in [1.807, 2.05) is 6.92 Å². The van der Waals surface area contributed by atoms with Gasteiger partial charge in [-0.05, 0) is 18.9 Å². The molecule has 110 valence electrons. The summed E-state index contributed by atoms with van der Waals surface area (Å²) in [7, 11) is 0. The van der Waals surface area contributed by atoms with Crippen LogP contribution in [0.5, 0.6) is 0 Å². The summed E-state index contributed by atoms with van der Waals surface area (Å²) in [5.74, 6) is -0.110. The van der Waals surface area contributed by atoms with Crippen molar-refractivity contribution in [2.45, 2.75) is 33.1 Å². The van der Waals surface area contributed by atoms with Crippen molar-refractivity contribution in [3.05, 3.63) is 33.9 Å². The predicted octanol–water partition coefficient (Wildman–Crippen LogP) is 2.49. The van der Waals surface area contributed by atoms with Crippen LogP contribution in [-0.2, 0) is 11.2 Å². The Hall–Kier alpha value is -2.11. The molecule has 0 fully saturated rings. The molecule has 0 atom stereocenters. The summed E-state index contributed by atoms with van der Waals surface area (Å²) in [5.41, 5.74) is 1.36. The number of anilines is 1. The molecule has 1 amide bonds. The maximum atomic E-state index is 11.5. The van der Waals surface area contributed by atoms with E-state index in [1.165, 1.54) is 6.07 Å². The van der Waals surface area contributed by atoms with Gasteiger partial charge in [0.25, 0.3) is 5.69 Å². The first-order valence-corrected chi connectivity index (χ1v) is 6.86. The number of unbranched alkanes of at least 4 members (excludes halogenated alkanes) is 1. The third-order valence-corrected chi connectivity index (χ3v) is 2.97. The van der Waals surface area contributed by atoms with Gasteiger partial charge in [-0.25, -0.2) is 0 Å². The third kappa shape index (κ3) is 4.87. The van der Waals surface area contributed by atoms with Gasteiger partial charge in [-0.15, -0.1) is 0 Å². The maximum Gasteiger partial charge on any atom is 0.274 e. The highest BCUT2D eigenvalue weighted by Gasteiger charge is 2.13. The van der Waals surface area contributed by atoms with Gasteiger partial charge in [0, 0.05) is 23.9 Å². The lowest BCUT2D eigenvalue weighted by molar-refractivity contribution is -0.385. The van der Waals surface area contributed by atoms with Crippen molar-refractivity contribution in [1.82, 2.24) is 5.32 Å². The standard InChI is InChI=1S/C14H21N3O3/c1-3-5-8-15-14(18)10-16-12-7-6-11(4-2)13(9-12)17(19)20/h6-7,9,16H,3-5,8,10H2,1-2H3,(H,15,18). The monoisotopic (exact) mass is 279 g/mol. The lowest BCUT2D eigenvalue weighted by atomic mass is 10.1. The summed E-state index contributed by atoms with van der Waals surface area (Å²) in [6.07, 6.45) is 2.58. The van der Waals surface area contributed by atoms with Gasteiger partial charge in [-0.3, -0.25) is 14.9 Å². The number of carbonyl (C=O) groups is 1. The van der Waals surface area contributed by atoms with Crippen LogP contribution in [0, 0.1) is 10.1 Å². The zero-order valence-electron chi connectivity index (χ0n) is 11.9. The predicted molar refractivity (Wildman–Crippen MR) is 78.9 cm³/mol. The Morgan fingerprint density at radius 1 is 1.35 bits per heavy atom. The van der Waals surface area contributed by atoms with Gasteiger partial charge in [0.05, 0.1) is 11.5 Å². The number of hydrogen-bond donors (Lipinski definition) is 2. The average Bonchev–Trinajstić information content (AvgIpc) is 2.45. The Labute approximate surface area is 118 Å². The summed E-state index contributed by atoms with van der Waals surface area (Å²) in [6, 6.07) is 4.94. The van der Waals surface area contributed by atoms with E-state index < -0.39 is 4.92 Å². The molecule has 6 nitrogen and oxygen atoms in total. The summed E-state index contributed by atoms with van der Waals surface area (Å²) in [5, 5.41) is 16.6. The van der Waals surface area contributed by atoms with Crippen molar-refractivity contribution in [1.29, 1.82) is 0 Å². The minimum Gasteiger partial charge on any atom is -0.376 e. The van der Waals surface area contributed by atoms with Crippen LogP contribution in [0.1, 0.15) is 32.3 Å². The van der Waals surface area contributed by atoms with E-state index in [-0.39, 0.29) is 18.1 Å². The largest absolute Gasteiger partial charge is 0.376 e. The van der Waals surface area contributed by atoms with E-state index in [1.54, 1.807) is 12.1 Å². The van der Waals surface area contributed by atoms with E-state index in [9.17, 15) is 14.9 Å². The first-order chi connectivity index (χ1) is 9.58. The number of nitrogens with one attached hydrogen (secondary N) is 2. The van der Waals surface area contributed by atoms with Gasteiger partial charge < -0.3 is 10.6 Å². The Balaban J connectivity index is 2.58. The van der Waals surface area contributed by atoms with Gasteiger partial charge in [0.1, 0.15) is 0 Å². The smallest absolute Gasteiger partial charge is 0.274 e. The molecular weight excluding hydrogens is 258 g/mol. The molecule has 0 spiro atoms. The number of nitro groups is 1. The van der Waals surface area contributed by atoms with Crippen LogP contribution in [0.4, 0.5) is 11.4 Å². The molecule has 0 aliphatic rings. The fraction of sp³-hybridized carbons (Fsp3) is 0.500. The molecule has 0 aliphatic carbocycles. The number of nitro benzene ring substituents is 1. The highest BCUT2D eigenvalue weighted by molar-refractivity contribution is 5.80. The quantitative estimate of drug-likeness (QED) is 0.435. The first kappa shape index (κ1) is 15.9. The van der Waals surface area contributed by atoms with Crippen LogP contribution in [0.3, 0.4) is 0 Å². The minimum atomic E-state index is -0.397. The van der Waals surface area contributed by atoms with Crippen molar-refractivity contribution in [3.63, 3.8) is 0 Å². The van der Waals surface area contributed by atoms with E-state index >= 15 is 0 Å². The van der Waals surface area contributed by atoms with E-state index in [0.717, 1.165) is 12.8 Å². The Bertz CT molecular complexity index is 475. The third-order valence-electron chi connectivity index (χ3n) is 2.97. The maximum absolute atomic E-state index is 11.5. The topological polar surface area (TPSA) is 84.3 Å². The zero-order valence-corrected chi connectivity index (χ0v) is 11.9. The Morgan fingerprint density at radius 2 is 2.10 bits per heavy atom. The second-order valence-corrected chi connectivity index (χ2v) is 4.51. The second-order valence-electron chi connectivity index (χ2n) is 4.51. The number of rotatable bonds is 8. The second kappa shape index (κ2) is 8.14. The molecular formula is C14H21N3O3. The van der Waals surface area contributed by atoms with Gasteiger partial charge in [0.15, 0.2) is 0 Å². The molecule has 6 heteroatoms. The normalized spacial score (nSPS) is 10.1. The fourth-order valence-electron chi connectivity index (χ4n) is 1.79. The zero-order chi connectivity index (χ0) is 15.0. The molecule has 0 saturated carbocycles. The first-order valence-electron chi connectivity index (χ1n) is 6.86. The molecule has 0 aromatic heterocycles. The van der Waals surface area contributed by atoms with Crippen molar-refractivity contribution >= 4 is 17.3 Å². The van der Waals surface area contributed by atoms with Crippen LogP contribution in [0.15, 0.2) is 18.2 Å². The van der Waals surface area contributed by atoms with Crippen LogP contribution in [0.2, 0.25) is 0 Å². The van der Waals surface area contributed by atoms with Crippen LogP contribution < -0.4 is 10.6 Å². The van der Waals surface area contributed by atoms with E-state index in [0.29, 0.717) is 24.2 Å². The molecule has 0 radical (unpaired) electrons. The molecule has 0 aliphatic heterocycles. The number of benzene rings is 1. The molecule has 0 heterocycles. The fourth-order valence-corrected chi connectivity index (χ4v) is 1.79. The molecule has 1 rings (SSSR count). The van der Waals surface area contributed by atoms with Crippen molar-refractivity contribution in [2.24, 2.45) is 0 Å². The summed E-state index contributed by atoms with van der Waals surface area (Å²) in [6.45, 7) is 4.70. The van der Waals surface area contributed by atoms with Gasteiger partial charge >= 0.3 is 0 Å². The Kier molecular flexibility index (Phi) is 6.49. The molecule has 0 unspecified atom stereocenters. The lowest BCUT2D eigenvalue weighted by Crippen LogP contribution is -2.30. The lowest BCUT2D eigenvalue weighted by Gasteiger charge is -2.08. The van der Waals surface area contributed by atoms with E-state index in [4.69, 9.17) is 0 Å². The summed E-state index contributed by atoms with van der Waals surface area (Å²) < 4.78 is 0. The molecule has 0 saturated heterocycles. The van der Waals surface area contributed by atoms with Crippen molar-refractivity contribution in [2.75, 3.05) is 18.4 Å². The van der Waals surface area contributed by atoms with Crippen LogP contribution in [-0.4, -0.2) is 23.9 Å². The SMILES string of the molecule is CCCCNC(=O)CNc1ccc(CC)c([N+](=O)[O-])c1. The van der Waals surface area contributed by atoms with Gasteiger partial charge in [-0.2, -0.15) is 0 Å². The minimum absolute atomic E-state index is 0.0869.